The zero-order valence-electron chi connectivity index (χ0n) is 22.0. The smallest absolute Gasteiger partial charge is 0.418 e. The van der Waals surface area contributed by atoms with Gasteiger partial charge >= 0.3 is 6.09 Å². The summed E-state index contributed by atoms with van der Waals surface area (Å²) < 4.78 is 7.32. The Bertz CT molecular complexity index is 748. The van der Waals surface area contributed by atoms with Crippen LogP contribution in [0.2, 0.25) is 0 Å². The molecule has 188 valence electrons. The molecule has 3 nitrogen and oxygen atoms in total. The quantitative estimate of drug-likeness (QED) is 0.182. The van der Waals surface area contributed by atoms with Gasteiger partial charge in [0.1, 0.15) is 6.10 Å². The summed E-state index contributed by atoms with van der Waals surface area (Å²) in [6, 6.07) is 0. The number of carbonyl (C=O) groups is 1. The second-order valence-corrected chi connectivity index (χ2v) is 14.5. The lowest BCUT2D eigenvalue weighted by Crippen LogP contribution is -2.51. The van der Waals surface area contributed by atoms with Crippen LogP contribution in [0.1, 0.15) is 105 Å². The van der Waals surface area contributed by atoms with E-state index in [4.69, 9.17) is 4.74 Å². The molecule has 4 rings (SSSR count). The summed E-state index contributed by atoms with van der Waals surface area (Å²) in [4.78, 5) is 12.1. The highest BCUT2D eigenvalue weighted by molar-refractivity contribution is 14.1. The number of hydrogen-bond donors (Lipinski definition) is 0. The third kappa shape index (κ3) is 4.89. The summed E-state index contributed by atoms with van der Waals surface area (Å²) in [5, 5.41) is 0. The standard InChI is InChI=1S/C29H48INO2/c1-19(2)8-7-9-20(3)24-12-13-25-23-11-10-21-18-22(33-27(32)31(6)30)14-16-28(21,4)26(23)15-17-29(24,25)5/h10,19-20,22-26H,7-9,11-18H2,1-6H3. The number of ether oxygens (including phenoxy) is 1. The lowest BCUT2D eigenvalue weighted by atomic mass is 9.47. The van der Waals surface area contributed by atoms with Gasteiger partial charge in [-0.1, -0.05) is 65.5 Å². The predicted molar refractivity (Wildman–Crippen MR) is 145 cm³/mol. The molecule has 0 aliphatic heterocycles. The fraction of sp³-hybridized carbons (Fsp3) is 0.897. The van der Waals surface area contributed by atoms with E-state index in [-0.39, 0.29) is 12.2 Å². The van der Waals surface area contributed by atoms with Crippen molar-refractivity contribution in [1.82, 2.24) is 3.11 Å². The van der Waals surface area contributed by atoms with E-state index in [0.29, 0.717) is 10.8 Å². The van der Waals surface area contributed by atoms with Crippen molar-refractivity contribution in [1.29, 1.82) is 0 Å². The normalized spacial score (nSPS) is 41.0. The van der Waals surface area contributed by atoms with Crippen LogP contribution in [-0.2, 0) is 4.74 Å². The molecule has 0 aromatic rings. The molecule has 4 aliphatic carbocycles. The van der Waals surface area contributed by atoms with Crippen molar-refractivity contribution in [3.63, 3.8) is 0 Å². The maximum absolute atomic E-state index is 12.1. The van der Waals surface area contributed by atoms with Gasteiger partial charge in [0.05, 0.1) is 22.9 Å². The molecule has 4 heteroatoms. The van der Waals surface area contributed by atoms with Gasteiger partial charge in [0.2, 0.25) is 0 Å². The number of carbonyl (C=O) groups excluding carboxylic acids is 1. The molecule has 8 unspecified atom stereocenters. The van der Waals surface area contributed by atoms with Gasteiger partial charge in [-0.15, -0.1) is 0 Å². The summed E-state index contributed by atoms with van der Waals surface area (Å²) in [7, 11) is 1.76. The highest BCUT2D eigenvalue weighted by Gasteiger charge is 2.59. The van der Waals surface area contributed by atoms with Gasteiger partial charge in [0, 0.05) is 13.5 Å². The fourth-order valence-corrected chi connectivity index (χ4v) is 9.08. The maximum Gasteiger partial charge on any atom is 0.418 e. The van der Waals surface area contributed by atoms with Crippen LogP contribution in [0.15, 0.2) is 11.6 Å². The zero-order chi connectivity index (χ0) is 24.0. The van der Waals surface area contributed by atoms with Crippen molar-refractivity contribution in [2.75, 3.05) is 7.05 Å². The minimum absolute atomic E-state index is 0.0574. The average Bonchev–Trinajstić information content (AvgIpc) is 3.11. The SMILES string of the molecule is CC(C)CCCC(C)C1CCC2C3CC=C4CC(OC(=O)N(C)I)CCC4(C)C3CCC12C. The Balaban J connectivity index is 1.45. The molecule has 4 aliphatic rings. The minimum atomic E-state index is -0.202. The Morgan fingerprint density at radius 1 is 1.12 bits per heavy atom. The van der Waals surface area contributed by atoms with Gasteiger partial charge in [-0.05, 0) is 91.3 Å². The first-order valence-corrected chi connectivity index (χ1v) is 14.8. The highest BCUT2D eigenvalue weighted by atomic mass is 127. The van der Waals surface area contributed by atoms with Gasteiger partial charge in [-0.2, -0.15) is 0 Å². The molecule has 0 aromatic heterocycles. The molecule has 3 fully saturated rings. The Labute approximate surface area is 217 Å². The molecule has 0 aromatic carbocycles. The van der Waals surface area contributed by atoms with E-state index in [1.807, 2.05) is 22.9 Å². The number of hydrogen-bond acceptors (Lipinski definition) is 2. The highest BCUT2D eigenvalue weighted by Crippen LogP contribution is 2.67. The number of allylic oxidation sites excluding steroid dienone is 1. The fourth-order valence-electron chi connectivity index (χ4n) is 8.97. The molecule has 1 amide bonds. The van der Waals surface area contributed by atoms with E-state index in [0.717, 1.165) is 48.3 Å². The van der Waals surface area contributed by atoms with E-state index in [9.17, 15) is 4.79 Å². The molecule has 0 N–H and O–H groups in total. The second kappa shape index (κ2) is 10.0. The van der Waals surface area contributed by atoms with Crippen molar-refractivity contribution in [3.8, 4) is 0 Å². The molecule has 0 bridgehead atoms. The molecule has 0 spiro atoms. The van der Waals surface area contributed by atoms with E-state index >= 15 is 0 Å². The van der Waals surface area contributed by atoms with Crippen molar-refractivity contribution >= 4 is 29.0 Å². The molecular formula is C29H48INO2. The van der Waals surface area contributed by atoms with Crippen LogP contribution < -0.4 is 0 Å². The Morgan fingerprint density at radius 3 is 2.58 bits per heavy atom. The van der Waals surface area contributed by atoms with E-state index in [2.05, 4.69) is 40.7 Å². The number of fused-ring (bicyclic) bond motifs is 5. The van der Waals surface area contributed by atoms with Gasteiger partial charge in [0.15, 0.2) is 0 Å². The average molecular weight is 570 g/mol. The zero-order valence-corrected chi connectivity index (χ0v) is 24.2. The van der Waals surface area contributed by atoms with Crippen LogP contribution in [-0.4, -0.2) is 22.4 Å². The first-order valence-electron chi connectivity index (χ1n) is 13.9. The van der Waals surface area contributed by atoms with E-state index in [1.165, 1.54) is 60.9 Å². The van der Waals surface area contributed by atoms with Gasteiger partial charge in [-0.3, -0.25) is 3.11 Å². The summed E-state index contributed by atoms with van der Waals surface area (Å²) in [5.74, 6) is 5.24. The first kappa shape index (κ1) is 25.8. The third-order valence-electron chi connectivity index (χ3n) is 10.8. The molecule has 33 heavy (non-hydrogen) atoms. The molecule has 8 atom stereocenters. The summed E-state index contributed by atoms with van der Waals surface area (Å²) in [6.45, 7) is 12.5. The maximum atomic E-state index is 12.1. The van der Waals surface area contributed by atoms with E-state index in [1.54, 1.807) is 12.6 Å². The van der Waals surface area contributed by atoms with Crippen molar-refractivity contribution < 1.29 is 9.53 Å². The largest absolute Gasteiger partial charge is 0.445 e. The molecule has 0 saturated heterocycles. The van der Waals surface area contributed by atoms with Crippen molar-refractivity contribution in [2.24, 2.45) is 46.3 Å². The lowest BCUT2D eigenvalue weighted by molar-refractivity contribution is -0.0584. The third-order valence-corrected chi connectivity index (χ3v) is 11.2. The topological polar surface area (TPSA) is 29.5 Å². The second-order valence-electron chi connectivity index (χ2n) is 13.0. The van der Waals surface area contributed by atoms with Gasteiger partial charge in [-0.25, -0.2) is 4.79 Å². The molecular weight excluding hydrogens is 521 g/mol. The lowest BCUT2D eigenvalue weighted by Gasteiger charge is -2.58. The predicted octanol–water partition coefficient (Wildman–Crippen LogP) is 8.81. The first-order chi connectivity index (χ1) is 15.6. The number of rotatable bonds is 6. The van der Waals surface area contributed by atoms with Crippen molar-refractivity contribution in [2.45, 2.75) is 111 Å². The van der Waals surface area contributed by atoms with Crippen molar-refractivity contribution in [3.05, 3.63) is 11.6 Å². The van der Waals surface area contributed by atoms with E-state index < -0.39 is 0 Å². The Hall–Kier alpha value is -0.260. The molecule has 0 radical (unpaired) electrons. The van der Waals surface area contributed by atoms with Crippen LogP contribution >= 0.6 is 22.9 Å². The molecule has 0 heterocycles. The van der Waals surface area contributed by atoms with Gasteiger partial charge < -0.3 is 4.74 Å². The monoisotopic (exact) mass is 569 g/mol. The Morgan fingerprint density at radius 2 is 1.88 bits per heavy atom. The van der Waals surface area contributed by atoms with Gasteiger partial charge in [0.25, 0.3) is 0 Å². The van der Waals surface area contributed by atoms with Crippen LogP contribution in [0.4, 0.5) is 4.79 Å². The number of halogens is 1. The minimum Gasteiger partial charge on any atom is -0.445 e. The van der Waals surface area contributed by atoms with Crippen LogP contribution in [0, 0.1) is 46.3 Å². The summed E-state index contributed by atoms with van der Waals surface area (Å²) >= 11 is 2.00. The number of amides is 1. The Kier molecular flexibility index (Phi) is 7.83. The van der Waals surface area contributed by atoms with Crippen LogP contribution in [0.3, 0.4) is 0 Å². The summed E-state index contributed by atoms with van der Waals surface area (Å²) in [5.41, 5.74) is 2.48. The van der Waals surface area contributed by atoms with Crippen LogP contribution in [0.5, 0.6) is 0 Å². The number of nitrogens with zero attached hydrogens (tertiary/aromatic N) is 1. The summed E-state index contributed by atoms with van der Waals surface area (Å²) in [6.07, 6.45) is 16.8. The van der Waals surface area contributed by atoms with Crippen LogP contribution in [0.25, 0.3) is 0 Å². The molecule has 3 saturated carbocycles.